The number of carboxylic acids is 1. The molecule has 19 heavy (non-hydrogen) atoms. The van der Waals surface area contributed by atoms with E-state index < -0.39 is 16.8 Å². The number of hydrogen-bond donors (Lipinski definition) is 1. The number of rotatable bonds is 6. The Morgan fingerprint density at radius 2 is 2.11 bits per heavy atom. The van der Waals surface area contributed by atoms with Crippen LogP contribution in [-0.4, -0.2) is 23.1 Å². The molecule has 1 N–H and O–H groups in total. The first kappa shape index (κ1) is 14.9. The smallest absolute Gasteiger partial charge is 0.307 e. The summed E-state index contributed by atoms with van der Waals surface area (Å²) in [5, 5.41) is 19.9. The highest BCUT2D eigenvalue weighted by Crippen LogP contribution is 2.28. The maximum absolute atomic E-state index is 11.2. The monoisotopic (exact) mass is 267 g/mol. The molecule has 0 fully saturated rings. The van der Waals surface area contributed by atoms with E-state index in [1.807, 2.05) is 13.8 Å². The van der Waals surface area contributed by atoms with Crippen molar-refractivity contribution in [2.75, 3.05) is 7.11 Å². The van der Waals surface area contributed by atoms with Gasteiger partial charge in [-0.05, 0) is 18.4 Å². The Hall–Kier alpha value is -2.11. The summed E-state index contributed by atoms with van der Waals surface area (Å²) in [4.78, 5) is 21.4. The largest absolute Gasteiger partial charge is 0.496 e. The fraction of sp³-hybridized carbons (Fsp3) is 0.462. The van der Waals surface area contributed by atoms with Crippen molar-refractivity contribution in [2.24, 2.45) is 11.8 Å². The van der Waals surface area contributed by atoms with Gasteiger partial charge in [0.2, 0.25) is 0 Å². The average Bonchev–Trinajstić information content (AvgIpc) is 2.34. The number of nitrogens with zero attached hydrogens (tertiary/aromatic N) is 1. The molecule has 0 amide bonds. The summed E-state index contributed by atoms with van der Waals surface area (Å²) < 4.78 is 5.12. The van der Waals surface area contributed by atoms with Gasteiger partial charge in [0.15, 0.2) is 0 Å². The molecule has 0 aliphatic heterocycles. The second-order valence-electron chi connectivity index (χ2n) is 4.65. The van der Waals surface area contributed by atoms with Crippen molar-refractivity contribution in [3.63, 3.8) is 0 Å². The maximum Gasteiger partial charge on any atom is 0.307 e. The van der Waals surface area contributed by atoms with Gasteiger partial charge in [-0.15, -0.1) is 0 Å². The topological polar surface area (TPSA) is 89.7 Å². The van der Waals surface area contributed by atoms with Crippen LogP contribution in [0.4, 0.5) is 5.69 Å². The summed E-state index contributed by atoms with van der Waals surface area (Å²) in [6.45, 7) is 3.62. The number of aliphatic carboxylic acids is 1. The number of nitro groups is 1. The number of benzene rings is 1. The van der Waals surface area contributed by atoms with Crippen molar-refractivity contribution in [3.05, 3.63) is 33.9 Å². The molecule has 0 aliphatic rings. The van der Waals surface area contributed by atoms with Gasteiger partial charge in [-0.1, -0.05) is 13.8 Å². The molecule has 6 heteroatoms. The zero-order valence-corrected chi connectivity index (χ0v) is 11.1. The van der Waals surface area contributed by atoms with Crippen molar-refractivity contribution in [1.29, 1.82) is 0 Å². The number of hydrogen-bond acceptors (Lipinski definition) is 4. The Labute approximate surface area is 111 Å². The zero-order chi connectivity index (χ0) is 14.6. The molecule has 1 aromatic carbocycles. The third kappa shape index (κ3) is 3.67. The molecule has 1 aromatic rings. The van der Waals surface area contributed by atoms with Gasteiger partial charge in [0.25, 0.3) is 5.69 Å². The molecule has 1 rings (SSSR count). The van der Waals surface area contributed by atoms with Gasteiger partial charge in [0.05, 0.1) is 18.0 Å². The predicted molar refractivity (Wildman–Crippen MR) is 69.3 cm³/mol. The molecule has 0 radical (unpaired) electrons. The summed E-state index contributed by atoms with van der Waals surface area (Å²) in [5.41, 5.74) is 0.474. The predicted octanol–water partition coefficient (Wildman–Crippen LogP) is 2.50. The highest BCUT2D eigenvalue weighted by Gasteiger charge is 2.24. The van der Waals surface area contributed by atoms with Crippen LogP contribution in [0.15, 0.2) is 18.2 Å². The van der Waals surface area contributed by atoms with Gasteiger partial charge >= 0.3 is 5.97 Å². The summed E-state index contributed by atoms with van der Waals surface area (Å²) in [5.74, 6) is -1.11. The molecule has 6 nitrogen and oxygen atoms in total. The number of carboxylic acid groups (broad SMARTS) is 1. The van der Waals surface area contributed by atoms with Gasteiger partial charge in [0.1, 0.15) is 5.75 Å². The third-order valence-corrected chi connectivity index (χ3v) is 3.04. The van der Waals surface area contributed by atoms with E-state index in [1.54, 1.807) is 0 Å². The summed E-state index contributed by atoms with van der Waals surface area (Å²) in [7, 11) is 1.45. The van der Waals surface area contributed by atoms with Gasteiger partial charge in [0, 0.05) is 17.7 Å². The first-order valence-corrected chi connectivity index (χ1v) is 5.91. The molecule has 104 valence electrons. The second-order valence-corrected chi connectivity index (χ2v) is 4.65. The van der Waals surface area contributed by atoms with Gasteiger partial charge in [-0.25, -0.2) is 0 Å². The van der Waals surface area contributed by atoms with Crippen LogP contribution in [0, 0.1) is 22.0 Å². The van der Waals surface area contributed by atoms with Crippen LogP contribution in [0.5, 0.6) is 5.75 Å². The second kappa shape index (κ2) is 6.17. The molecule has 1 atom stereocenters. The van der Waals surface area contributed by atoms with Crippen LogP contribution < -0.4 is 4.74 Å². The number of ether oxygens (including phenoxy) is 1. The lowest BCUT2D eigenvalue weighted by Crippen LogP contribution is -2.22. The Morgan fingerprint density at radius 3 is 2.53 bits per heavy atom. The maximum atomic E-state index is 11.2. The van der Waals surface area contributed by atoms with Crippen molar-refractivity contribution >= 4 is 11.7 Å². The zero-order valence-electron chi connectivity index (χ0n) is 11.1. The van der Waals surface area contributed by atoms with Crippen molar-refractivity contribution in [2.45, 2.75) is 20.3 Å². The minimum atomic E-state index is -0.913. The van der Waals surface area contributed by atoms with Gasteiger partial charge in [-0.2, -0.15) is 0 Å². The lowest BCUT2D eigenvalue weighted by atomic mass is 9.89. The SMILES string of the molecule is COc1ccc([N+](=O)[O-])cc1CC(C(=O)O)C(C)C. The van der Waals surface area contributed by atoms with E-state index in [9.17, 15) is 20.0 Å². The van der Waals surface area contributed by atoms with Crippen LogP contribution in [0.3, 0.4) is 0 Å². The van der Waals surface area contributed by atoms with E-state index in [1.165, 1.54) is 25.3 Å². The van der Waals surface area contributed by atoms with Gasteiger partial charge < -0.3 is 9.84 Å². The van der Waals surface area contributed by atoms with E-state index in [-0.39, 0.29) is 18.0 Å². The highest BCUT2D eigenvalue weighted by molar-refractivity contribution is 5.71. The molecule has 0 aliphatic carbocycles. The third-order valence-electron chi connectivity index (χ3n) is 3.04. The number of methoxy groups -OCH3 is 1. The standard InChI is InChI=1S/C13H17NO5/c1-8(2)11(13(15)16)7-9-6-10(14(17)18)4-5-12(9)19-3/h4-6,8,11H,7H2,1-3H3,(H,15,16). The first-order valence-electron chi connectivity index (χ1n) is 5.91. The van der Waals surface area contributed by atoms with Crippen LogP contribution in [-0.2, 0) is 11.2 Å². The quantitative estimate of drug-likeness (QED) is 0.631. The van der Waals surface area contributed by atoms with Crippen LogP contribution in [0.25, 0.3) is 0 Å². The Morgan fingerprint density at radius 1 is 1.47 bits per heavy atom. The summed E-state index contributed by atoms with van der Waals surface area (Å²) in [6, 6.07) is 4.21. The lowest BCUT2D eigenvalue weighted by molar-refractivity contribution is -0.384. The van der Waals surface area contributed by atoms with E-state index >= 15 is 0 Å². The number of non-ortho nitro benzene ring substituents is 1. The number of carbonyl (C=O) groups is 1. The highest BCUT2D eigenvalue weighted by atomic mass is 16.6. The van der Waals surface area contributed by atoms with Crippen molar-refractivity contribution < 1.29 is 19.6 Å². The van der Waals surface area contributed by atoms with E-state index in [2.05, 4.69) is 0 Å². The van der Waals surface area contributed by atoms with E-state index in [0.29, 0.717) is 11.3 Å². The first-order chi connectivity index (χ1) is 8.86. The fourth-order valence-electron chi connectivity index (χ4n) is 1.88. The molecule has 0 aromatic heterocycles. The Kier molecular flexibility index (Phi) is 4.86. The van der Waals surface area contributed by atoms with Crippen molar-refractivity contribution in [1.82, 2.24) is 0 Å². The minimum Gasteiger partial charge on any atom is -0.496 e. The van der Waals surface area contributed by atoms with Crippen LogP contribution in [0.2, 0.25) is 0 Å². The summed E-state index contributed by atoms with van der Waals surface area (Å²) >= 11 is 0. The average molecular weight is 267 g/mol. The van der Waals surface area contributed by atoms with Crippen molar-refractivity contribution in [3.8, 4) is 5.75 Å². The molecular weight excluding hydrogens is 250 g/mol. The molecule has 0 saturated heterocycles. The molecular formula is C13H17NO5. The molecule has 0 bridgehead atoms. The normalized spacial score (nSPS) is 12.2. The minimum absolute atomic E-state index is 0.0660. The molecule has 0 heterocycles. The fourth-order valence-corrected chi connectivity index (χ4v) is 1.88. The van der Waals surface area contributed by atoms with Crippen LogP contribution >= 0.6 is 0 Å². The van der Waals surface area contributed by atoms with E-state index in [4.69, 9.17) is 4.74 Å². The van der Waals surface area contributed by atoms with E-state index in [0.717, 1.165) is 0 Å². The number of nitro benzene ring substituents is 1. The Bertz CT molecular complexity index is 484. The molecule has 0 saturated carbocycles. The lowest BCUT2D eigenvalue weighted by Gasteiger charge is -2.17. The summed E-state index contributed by atoms with van der Waals surface area (Å²) in [6.07, 6.45) is 0.206. The van der Waals surface area contributed by atoms with Crippen LogP contribution in [0.1, 0.15) is 19.4 Å². The Balaban J connectivity index is 3.12. The molecule has 1 unspecified atom stereocenters. The molecule has 0 spiro atoms. The van der Waals surface area contributed by atoms with Gasteiger partial charge in [-0.3, -0.25) is 14.9 Å².